The lowest BCUT2D eigenvalue weighted by Crippen LogP contribution is -2.14. The minimum absolute atomic E-state index is 0.00440. The number of nitrogens with zero attached hydrogens (tertiary/aromatic N) is 4. The quantitative estimate of drug-likeness (QED) is 0.460. The van der Waals surface area contributed by atoms with Gasteiger partial charge in [0.05, 0.1) is 16.2 Å². The Kier molecular flexibility index (Phi) is 5.55. The van der Waals surface area contributed by atoms with Gasteiger partial charge in [0.2, 0.25) is 5.95 Å². The van der Waals surface area contributed by atoms with Crippen LogP contribution in [0, 0.1) is 11.3 Å². The molecular formula is C22H15N5O3S. The predicted octanol–water partition coefficient (Wildman–Crippen LogP) is 4.00. The van der Waals surface area contributed by atoms with Gasteiger partial charge < -0.3 is 4.42 Å². The molecule has 4 aromatic rings. The first-order valence-electron chi connectivity index (χ1n) is 9.08. The molecule has 0 unspecified atom stereocenters. The van der Waals surface area contributed by atoms with Crippen molar-refractivity contribution < 1.29 is 12.8 Å². The van der Waals surface area contributed by atoms with E-state index in [2.05, 4.69) is 25.7 Å². The molecule has 1 N–H and O–H groups in total. The molecule has 0 saturated heterocycles. The summed E-state index contributed by atoms with van der Waals surface area (Å²) in [5, 5.41) is 9.41. The topological polar surface area (TPSA) is 122 Å². The van der Waals surface area contributed by atoms with Crippen molar-refractivity contribution in [2.24, 2.45) is 0 Å². The summed E-state index contributed by atoms with van der Waals surface area (Å²) < 4.78 is 33.1. The van der Waals surface area contributed by atoms with Crippen LogP contribution in [-0.4, -0.2) is 23.4 Å². The molecule has 31 heavy (non-hydrogen) atoms. The van der Waals surface area contributed by atoms with Crippen LogP contribution in [0.1, 0.15) is 11.5 Å². The molecule has 3 heterocycles. The fourth-order valence-corrected chi connectivity index (χ4v) is 3.70. The molecule has 0 amide bonds. The van der Waals surface area contributed by atoms with Crippen LogP contribution in [0.4, 0.5) is 5.95 Å². The Balaban J connectivity index is 1.55. The van der Waals surface area contributed by atoms with Gasteiger partial charge in [-0.3, -0.25) is 4.98 Å². The number of nitriles is 1. The minimum atomic E-state index is -3.82. The monoisotopic (exact) mass is 429 g/mol. The van der Waals surface area contributed by atoms with Gasteiger partial charge in [0.25, 0.3) is 10.0 Å². The van der Waals surface area contributed by atoms with Gasteiger partial charge in [-0.25, -0.2) is 23.1 Å². The van der Waals surface area contributed by atoms with Gasteiger partial charge in [0.1, 0.15) is 17.6 Å². The number of hydrogen-bond donors (Lipinski definition) is 1. The second kappa shape index (κ2) is 8.61. The maximum absolute atomic E-state index is 12.5. The average Bonchev–Trinajstić information content (AvgIpc) is 3.27. The molecular weight excluding hydrogens is 414 g/mol. The van der Waals surface area contributed by atoms with E-state index in [0.29, 0.717) is 28.4 Å². The molecule has 0 saturated carbocycles. The number of nitrogens with one attached hydrogen (secondary N) is 1. The summed E-state index contributed by atoms with van der Waals surface area (Å²) in [6.07, 6.45) is 6.11. The molecule has 0 aliphatic heterocycles. The number of hydrogen-bond acceptors (Lipinski definition) is 7. The van der Waals surface area contributed by atoms with E-state index in [1.807, 2.05) is 0 Å². The van der Waals surface area contributed by atoms with Gasteiger partial charge in [-0.2, -0.15) is 5.26 Å². The molecule has 152 valence electrons. The van der Waals surface area contributed by atoms with Crippen molar-refractivity contribution in [1.29, 1.82) is 5.26 Å². The summed E-state index contributed by atoms with van der Waals surface area (Å²) in [7, 11) is -3.82. The van der Waals surface area contributed by atoms with Gasteiger partial charge in [0.15, 0.2) is 0 Å². The zero-order valence-electron chi connectivity index (χ0n) is 16.0. The Labute approximate surface area is 178 Å². The first-order chi connectivity index (χ1) is 15.0. The Bertz CT molecular complexity index is 1360. The number of pyridine rings is 1. The highest BCUT2D eigenvalue weighted by Gasteiger charge is 2.16. The van der Waals surface area contributed by atoms with Crippen LogP contribution < -0.4 is 4.72 Å². The summed E-state index contributed by atoms with van der Waals surface area (Å²) in [6, 6.07) is 18.7. The van der Waals surface area contributed by atoms with Crippen LogP contribution in [0.5, 0.6) is 0 Å². The van der Waals surface area contributed by atoms with E-state index in [4.69, 9.17) is 4.42 Å². The highest BCUT2D eigenvalue weighted by Crippen LogP contribution is 2.26. The lowest BCUT2D eigenvalue weighted by molar-refractivity contribution is 0.572. The van der Waals surface area contributed by atoms with Crippen molar-refractivity contribution in [2.75, 3.05) is 4.72 Å². The number of anilines is 1. The standard InChI is InChI=1S/C22H15N5O3S/c23-15-17(20-4-1-2-11-24-20)14-18-7-10-21(30-18)16-5-8-19(9-6-16)31(28,29)27-22-25-12-3-13-26-22/h1-14H,(H,25,26,27)/b17-14+. The number of sulfonamides is 1. The molecule has 4 rings (SSSR count). The van der Waals surface area contributed by atoms with Crippen molar-refractivity contribution in [1.82, 2.24) is 15.0 Å². The summed E-state index contributed by atoms with van der Waals surface area (Å²) in [4.78, 5) is 12.0. The van der Waals surface area contributed by atoms with Crippen molar-refractivity contribution >= 4 is 27.6 Å². The Hall–Kier alpha value is -4.29. The molecule has 0 radical (unpaired) electrons. The van der Waals surface area contributed by atoms with E-state index in [9.17, 15) is 13.7 Å². The lowest BCUT2D eigenvalue weighted by atomic mass is 10.1. The van der Waals surface area contributed by atoms with E-state index < -0.39 is 10.0 Å². The zero-order valence-corrected chi connectivity index (χ0v) is 16.8. The second-order valence-corrected chi connectivity index (χ2v) is 7.97. The van der Waals surface area contributed by atoms with Gasteiger partial charge in [-0.15, -0.1) is 0 Å². The van der Waals surface area contributed by atoms with Crippen molar-refractivity contribution in [3.63, 3.8) is 0 Å². The van der Waals surface area contributed by atoms with E-state index in [1.54, 1.807) is 60.8 Å². The Morgan fingerprint density at radius 2 is 1.68 bits per heavy atom. The van der Waals surface area contributed by atoms with Gasteiger partial charge in [-0.05, 0) is 54.6 Å². The molecule has 9 heteroatoms. The first-order valence-corrected chi connectivity index (χ1v) is 10.6. The fraction of sp³-hybridized carbons (Fsp3) is 0. The highest BCUT2D eigenvalue weighted by molar-refractivity contribution is 7.92. The van der Waals surface area contributed by atoms with Crippen LogP contribution in [0.2, 0.25) is 0 Å². The Morgan fingerprint density at radius 3 is 2.35 bits per heavy atom. The predicted molar refractivity (Wildman–Crippen MR) is 115 cm³/mol. The maximum atomic E-state index is 12.5. The van der Waals surface area contributed by atoms with E-state index in [0.717, 1.165) is 0 Å². The summed E-state index contributed by atoms with van der Waals surface area (Å²) >= 11 is 0. The number of benzene rings is 1. The molecule has 0 atom stereocenters. The number of allylic oxidation sites excluding steroid dienone is 1. The van der Waals surface area contributed by atoms with E-state index >= 15 is 0 Å². The largest absolute Gasteiger partial charge is 0.457 e. The molecule has 1 aromatic carbocycles. The second-order valence-electron chi connectivity index (χ2n) is 6.29. The van der Waals surface area contributed by atoms with Crippen LogP contribution in [0.3, 0.4) is 0 Å². The van der Waals surface area contributed by atoms with Gasteiger partial charge in [-0.1, -0.05) is 6.07 Å². The van der Waals surface area contributed by atoms with Crippen LogP contribution in [0.15, 0.2) is 88.6 Å². The fourth-order valence-electron chi connectivity index (χ4n) is 2.74. The van der Waals surface area contributed by atoms with Crippen LogP contribution in [0.25, 0.3) is 23.0 Å². The Morgan fingerprint density at radius 1 is 0.935 bits per heavy atom. The van der Waals surface area contributed by atoms with Crippen molar-refractivity contribution in [2.45, 2.75) is 4.90 Å². The van der Waals surface area contributed by atoms with E-state index in [-0.39, 0.29) is 10.8 Å². The maximum Gasteiger partial charge on any atom is 0.264 e. The normalized spacial score (nSPS) is 11.6. The number of rotatable bonds is 6. The zero-order chi connectivity index (χ0) is 21.7. The van der Waals surface area contributed by atoms with Gasteiger partial charge in [0, 0.05) is 30.2 Å². The number of aromatic nitrogens is 3. The summed E-state index contributed by atoms with van der Waals surface area (Å²) in [6.45, 7) is 0. The molecule has 0 bridgehead atoms. The highest BCUT2D eigenvalue weighted by atomic mass is 32.2. The molecule has 0 spiro atoms. The third-order valence-corrected chi connectivity index (χ3v) is 5.56. The van der Waals surface area contributed by atoms with Gasteiger partial charge >= 0.3 is 0 Å². The van der Waals surface area contributed by atoms with Crippen LogP contribution in [-0.2, 0) is 10.0 Å². The summed E-state index contributed by atoms with van der Waals surface area (Å²) in [5.41, 5.74) is 1.61. The SMILES string of the molecule is N#C/C(=C\c1ccc(-c2ccc(S(=O)(=O)Nc3ncccn3)cc2)o1)c1ccccn1. The third kappa shape index (κ3) is 4.66. The molecule has 0 aliphatic rings. The minimum Gasteiger partial charge on any atom is -0.457 e. The molecule has 3 aromatic heterocycles. The molecule has 0 aliphatic carbocycles. The first kappa shape index (κ1) is 20.0. The molecule has 0 fully saturated rings. The average molecular weight is 429 g/mol. The molecule has 8 nitrogen and oxygen atoms in total. The van der Waals surface area contributed by atoms with E-state index in [1.165, 1.54) is 24.5 Å². The van der Waals surface area contributed by atoms with Crippen LogP contribution >= 0.6 is 0 Å². The number of furan rings is 1. The lowest BCUT2D eigenvalue weighted by Gasteiger charge is -2.06. The van der Waals surface area contributed by atoms with Crippen molar-refractivity contribution in [3.8, 4) is 17.4 Å². The smallest absolute Gasteiger partial charge is 0.264 e. The summed E-state index contributed by atoms with van der Waals surface area (Å²) in [5.74, 6) is 1.01. The third-order valence-electron chi connectivity index (χ3n) is 4.22. The van der Waals surface area contributed by atoms with Crippen molar-refractivity contribution in [3.05, 3.63) is 90.7 Å².